The molecule has 3 nitrogen and oxygen atoms in total. The quantitative estimate of drug-likeness (QED) is 0.646. The van der Waals surface area contributed by atoms with E-state index in [1.807, 2.05) is 6.92 Å². The van der Waals surface area contributed by atoms with Gasteiger partial charge in [0.15, 0.2) is 0 Å². The van der Waals surface area contributed by atoms with E-state index in [0.717, 1.165) is 0 Å². The van der Waals surface area contributed by atoms with Crippen molar-refractivity contribution in [1.29, 1.82) is 0 Å². The van der Waals surface area contributed by atoms with Crippen LogP contribution in [-0.4, -0.2) is 36.4 Å². The number of nitrogens with one attached hydrogen (secondary N) is 2. The molecule has 3 atom stereocenters. The van der Waals surface area contributed by atoms with Crippen LogP contribution in [0.1, 0.15) is 46.0 Å². The number of aliphatic hydroxyl groups excluding tert-OH is 1. The first-order valence-electron chi connectivity index (χ1n) is 6.33. The van der Waals surface area contributed by atoms with E-state index in [1.165, 1.54) is 38.6 Å². The zero-order valence-corrected chi connectivity index (χ0v) is 10.1. The number of aliphatic hydroxyl groups is 1. The van der Waals surface area contributed by atoms with E-state index in [0.29, 0.717) is 18.6 Å². The molecule has 3 heteroatoms. The minimum Gasteiger partial charge on any atom is -0.392 e. The van der Waals surface area contributed by atoms with E-state index in [1.54, 1.807) is 0 Å². The summed E-state index contributed by atoms with van der Waals surface area (Å²) < 4.78 is 0. The first-order chi connectivity index (χ1) is 7.18. The van der Waals surface area contributed by atoms with Crippen molar-refractivity contribution in [3.63, 3.8) is 0 Å². The van der Waals surface area contributed by atoms with Gasteiger partial charge >= 0.3 is 0 Å². The highest BCUT2D eigenvalue weighted by Crippen LogP contribution is 2.12. The summed E-state index contributed by atoms with van der Waals surface area (Å²) in [5.74, 6) is 0. The SMILES string of the molecule is CC(CC1CCCCCN1)NC[C@H](C)O. The molecule has 1 saturated heterocycles. The Morgan fingerprint density at radius 3 is 2.87 bits per heavy atom. The molecule has 0 amide bonds. The van der Waals surface area contributed by atoms with Crippen LogP contribution in [0, 0.1) is 0 Å². The summed E-state index contributed by atoms with van der Waals surface area (Å²) in [6, 6.07) is 1.17. The van der Waals surface area contributed by atoms with E-state index in [2.05, 4.69) is 17.6 Å². The van der Waals surface area contributed by atoms with Gasteiger partial charge in [-0.15, -0.1) is 0 Å². The summed E-state index contributed by atoms with van der Waals surface area (Å²) >= 11 is 0. The van der Waals surface area contributed by atoms with Crippen LogP contribution in [0.5, 0.6) is 0 Å². The molecule has 1 fully saturated rings. The van der Waals surface area contributed by atoms with Crippen LogP contribution < -0.4 is 10.6 Å². The lowest BCUT2D eigenvalue weighted by atomic mass is 10.0. The van der Waals surface area contributed by atoms with Crippen molar-refractivity contribution in [3.8, 4) is 0 Å². The molecule has 2 unspecified atom stereocenters. The lowest BCUT2D eigenvalue weighted by molar-refractivity contribution is 0.185. The summed E-state index contributed by atoms with van der Waals surface area (Å²) in [7, 11) is 0. The molecule has 0 spiro atoms. The van der Waals surface area contributed by atoms with Crippen molar-refractivity contribution < 1.29 is 5.11 Å². The third kappa shape index (κ3) is 6.13. The molecule has 1 aliphatic heterocycles. The fourth-order valence-electron chi connectivity index (χ4n) is 2.18. The monoisotopic (exact) mass is 214 g/mol. The minimum absolute atomic E-state index is 0.241. The Hall–Kier alpha value is -0.120. The van der Waals surface area contributed by atoms with E-state index in [4.69, 9.17) is 0 Å². The number of hydrogen-bond acceptors (Lipinski definition) is 3. The molecule has 1 heterocycles. The molecular formula is C12H26N2O. The summed E-state index contributed by atoms with van der Waals surface area (Å²) in [5, 5.41) is 16.1. The lowest BCUT2D eigenvalue weighted by Gasteiger charge is -2.22. The molecule has 0 radical (unpaired) electrons. The van der Waals surface area contributed by atoms with Gasteiger partial charge in [-0.1, -0.05) is 12.8 Å². The second-order valence-electron chi connectivity index (χ2n) is 4.89. The van der Waals surface area contributed by atoms with Crippen molar-refractivity contribution in [2.24, 2.45) is 0 Å². The van der Waals surface area contributed by atoms with E-state index >= 15 is 0 Å². The fourth-order valence-corrected chi connectivity index (χ4v) is 2.18. The smallest absolute Gasteiger partial charge is 0.0636 e. The van der Waals surface area contributed by atoms with Gasteiger partial charge in [-0.3, -0.25) is 0 Å². The Kier molecular flexibility index (Phi) is 6.22. The second-order valence-corrected chi connectivity index (χ2v) is 4.89. The summed E-state index contributed by atoms with van der Waals surface area (Å²) in [4.78, 5) is 0. The van der Waals surface area contributed by atoms with Crippen LogP contribution >= 0.6 is 0 Å². The molecule has 0 bridgehead atoms. The number of rotatable bonds is 5. The normalized spacial score (nSPS) is 27.0. The second kappa shape index (κ2) is 7.20. The molecule has 1 rings (SSSR count). The highest BCUT2D eigenvalue weighted by Gasteiger charge is 2.14. The molecule has 1 aliphatic rings. The van der Waals surface area contributed by atoms with Crippen LogP contribution in [0.15, 0.2) is 0 Å². The maximum atomic E-state index is 9.17. The van der Waals surface area contributed by atoms with Crippen molar-refractivity contribution in [3.05, 3.63) is 0 Å². The van der Waals surface area contributed by atoms with Gasteiger partial charge in [0.1, 0.15) is 0 Å². The van der Waals surface area contributed by atoms with Gasteiger partial charge in [0, 0.05) is 18.6 Å². The van der Waals surface area contributed by atoms with Crippen LogP contribution in [-0.2, 0) is 0 Å². The Labute approximate surface area is 93.6 Å². The molecule has 0 aliphatic carbocycles. The molecule has 3 N–H and O–H groups in total. The average Bonchev–Trinajstić information content (AvgIpc) is 2.43. The van der Waals surface area contributed by atoms with Crippen LogP contribution in [0.25, 0.3) is 0 Å². The van der Waals surface area contributed by atoms with Gasteiger partial charge in [-0.25, -0.2) is 0 Å². The van der Waals surface area contributed by atoms with Crippen LogP contribution in [0.4, 0.5) is 0 Å². The summed E-state index contributed by atoms with van der Waals surface area (Å²) in [5.41, 5.74) is 0. The van der Waals surface area contributed by atoms with E-state index in [9.17, 15) is 5.11 Å². The van der Waals surface area contributed by atoms with Crippen molar-refractivity contribution in [1.82, 2.24) is 10.6 Å². The van der Waals surface area contributed by atoms with Crippen molar-refractivity contribution in [2.75, 3.05) is 13.1 Å². The molecule has 0 saturated carbocycles. The van der Waals surface area contributed by atoms with Gasteiger partial charge in [0.05, 0.1) is 6.10 Å². The molecule has 0 aromatic carbocycles. The Bertz CT molecular complexity index is 154. The van der Waals surface area contributed by atoms with Crippen molar-refractivity contribution >= 4 is 0 Å². The predicted molar refractivity (Wildman–Crippen MR) is 64.0 cm³/mol. The van der Waals surface area contributed by atoms with Gasteiger partial charge in [-0.05, 0) is 39.7 Å². The van der Waals surface area contributed by atoms with E-state index < -0.39 is 0 Å². The first-order valence-corrected chi connectivity index (χ1v) is 6.33. The Balaban J connectivity index is 2.14. The van der Waals surface area contributed by atoms with Crippen LogP contribution in [0.3, 0.4) is 0 Å². The molecular weight excluding hydrogens is 188 g/mol. The Morgan fingerprint density at radius 1 is 1.33 bits per heavy atom. The van der Waals surface area contributed by atoms with E-state index in [-0.39, 0.29) is 6.10 Å². The van der Waals surface area contributed by atoms with Gasteiger partial charge < -0.3 is 15.7 Å². The fraction of sp³-hybridized carbons (Fsp3) is 1.00. The first kappa shape index (κ1) is 12.9. The molecule has 90 valence electrons. The lowest BCUT2D eigenvalue weighted by Crippen LogP contribution is -2.39. The van der Waals surface area contributed by atoms with Gasteiger partial charge in [0.2, 0.25) is 0 Å². The van der Waals surface area contributed by atoms with Gasteiger partial charge in [-0.2, -0.15) is 0 Å². The topological polar surface area (TPSA) is 44.3 Å². The number of hydrogen-bond donors (Lipinski definition) is 3. The zero-order valence-electron chi connectivity index (χ0n) is 10.1. The highest BCUT2D eigenvalue weighted by atomic mass is 16.3. The predicted octanol–water partition coefficient (Wildman–Crippen LogP) is 1.27. The largest absolute Gasteiger partial charge is 0.392 e. The third-order valence-electron chi connectivity index (χ3n) is 3.06. The Morgan fingerprint density at radius 2 is 2.13 bits per heavy atom. The van der Waals surface area contributed by atoms with Crippen molar-refractivity contribution in [2.45, 2.75) is 64.1 Å². The zero-order chi connectivity index (χ0) is 11.1. The standard InChI is InChI=1S/C12H26N2O/c1-10(14-9-11(2)15)8-12-6-4-3-5-7-13-12/h10-15H,3-9H2,1-2H3/t10?,11-,12?/m0/s1. The van der Waals surface area contributed by atoms with Crippen LogP contribution in [0.2, 0.25) is 0 Å². The maximum absolute atomic E-state index is 9.17. The third-order valence-corrected chi connectivity index (χ3v) is 3.06. The molecule has 0 aromatic heterocycles. The summed E-state index contributed by atoms with van der Waals surface area (Å²) in [6.07, 6.45) is 6.30. The minimum atomic E-state index is -0.241. The average molecular weight is 214 g/mol. The highest BCUT2D eigenvalue weighted by molar-refractivity contribution is 4.76. The summed E-state index contributed by atoms with van der Waals surface area (Å²) in [6.45, 7) is 5.90. The maximum Gasteiger partial charge on any atom is 0.0636 e. The molecule has 0 aromatic rings. The van der Waals surface area contributed by atoms with Gasteiger partial charge in [0.25, 0.3) is 0 Å². The molecule has 15 heavy (non-hydrogen) atoms.